The lowest BCUT2D eigenvalue weighted by molar-refractivity contribution is -0.117. The van der Waals surface area contributed by atoms with E-state index < -0.39 is 41.6 Å². The molecule has 0 atom stereocenters. The number of carbonyl (C=O) groups excluding carboxylic acids is 1. The lowest BCUT2D eigenvalue weighted by Crippen LogP contribution is -2.38. The number of rotatable bonds is 3. The van der Waals surface area contributed by atoms with Crippen molar-refractivity contribution in [3.05, 3.63) is 29.3 Å². The van der Waals surface area contributed by atoms with E-state index in [1.54, 1.807) is 0 Å². The van der Waals surface area contributed by atoms with E-state index in [1.165, 1.54) is 0 Å². The summed E-state index contributed by atoms with van der Waals surface area (Å²) in [7, 11) is 1.12. The largest absolute Gasteiger partial charge is 0.491 e. The van der Waals surface area contributed by atoms with Gasteiger partial charge < -0.3 is 9.53 Å². The molecule has 1 aromatic carbocycles. The average Bonchev–Trinajstić information content (AvgIpc) is 2.39. The SMILES string of the molecule is COc1c(F)cc(C2(C=O)CCC(F)(F)CC2)cc1F. The molecule has 0 N–H and O–H groups in total. The Morgan fingerprint density at radius 1 is 1.10 bits per heavy atom. The van der Waals surface area contributed by atoms with Gasteiger partial charge in [0.05, 0.1) is 12.5 Å². The fourth-order valence-electron chi connectivity index (χ4n) is 2.58. The Hall–Kier alpha value is -1.59. The predicted octanol–water partition coefficient (Wildman–Crippen LogP) is 3.62. The number of hydrogen-bond acceptors (Lipinski definition) is 2. The fraction of sp³-hybridized carbons (Fsp3) is 0.500. The minimum absolute atomic E-state index is 0.0822. The third kappa shape index (κ3) is 2.51. The summed E-state index contributed by atoms with van der Waals surface area (Å²) in [4.78, 5) is 11.3. The quantitative estimate of drug-likeness (QED) is 0.628. The van der Waals surface area contributed by atoms with Crippen molar-refractivity contribution in [1.82, 2.24) is 0 Å². The minimum Gasteiger partial charge on any atom is -0.491 e. The van der Waals surface area contributed by atoms with Gasteiger partial charge in [0.2, 0.25) is 5.92 Å². The van der Waals surface area contributed by atoms with E-state index in [0.29, 0.717) is 6.29 Å². The molecule has 0 spiro atoms. The number of ether oxygens (including phenoxy) is 1. The highest BCUT2D eigenvalue weighted by atomic mass is 19.3. The molecule has 0 aliphatic heterocycles. The van der Waals surface area contributed by atoms with E-state index in [2.05, 4.69) is 4.74 Å². The Morgan fingerprint density at radius 3 is 2.00 bits per heavy atom. The van der Waals surface area contributed by atoms with E-state index >= 15 is 0 Å². The summed E-state index contributed by atoms with van der Waals surface area (Å²) in [5.41, 5.74) is -1.17. The first-order valence-corrected chi connectivity index (χ1v) is 6.21. The molecule has 2 nitrogen and oxygen atoms in total. The second-order valence-corrected chi connectivity index (χ2v) is 5.10. The summed E-state index contributed by atoms with van der Waals surface area (Å²) >= 11 is 0. The van der Waals surface area contributed by atoms with Crippen molar-refractivity contribution in [3.63, 3.8) is 0 Å². The Bertz CT molecular complexity index is 495. The van der Waals surface area contributed by atoms with E-state index in [1.807, 2.05) is 0 Å². The summed E-state index contributed by atoms with van der Waals surface area (Å²) in [6.45, 7) is 0. The Balaban J connectivity index is 2.41. The van der Waals surface area contributed by atoms with Crippen molar-refractivity contribution in [2.45, 2.75) is 37.0 Å². The third-order valence-electron chi connectivity index (χ3n) is 3.88. The number of aldehydes is 1. The van der Waals surface area contributed by atoms with Crippen LogP contribution in [0.1, 0.15) is 31.2 Å². The van der Waals surface area contributed by atoms with Crippen molar-refractivity contribution in [2.24, 2.45) is 0 Å². The zero-order valence-corrected chi connectivity index (χ0v) is 10.9. The molecule has 1 saturated carbocycles. The van der Waals surface area contributed by atoms with Crippen LogP contribution in [0.15, 0.2) is 12.1 Å². The van der Waals surface area contributed by atoms with Crippen LogP contribution in [0.3, 0.4) is 0 Å². The van der Waals surface area contributed by atoms with Crippen LogP contribution in [0.4, 0.5) is 17.6 Å². The second kappa shape index (κ2) is 5.07. The molecule has 1 aliphatic carbocycles. The van der Waals surface area contributed by atoms with Crippen LogP contribution in [0.5, 0.6) is 5.75 Å². The molecule has 110 valence electrons. The maximum absolute atomic E-state index is 13.7. The molecule has 6 heteroatoms. The number of carbonyl (C=O) groups is 1. The summed E-state index contributed by atoms with van der Waals surface area (Å²) < 4.78 is 58.3. The molecule has 1 aromatic rings. The van der Waals surface area contributed by atoms with Crippen LogP contribution in [-0.2, 0) is 10.2 Å². The van der Waals surface area contributed by atoms with Crippen LogP contribution in [-0.4, -0.2) is 19.3 Å². The Kier molecular flexibility index (Phi) is 3.75. The summed E-state index contributed by atoms with van der Waals surface area (Å²) in [6, 6.07) is 1.97. The number of methoxy groups -OCH3 is 1. The predicted molar refractivity (Wildman–Crippen MR) is 64.1 cm³/mol. The maximum atomic E-state index is 13.7. The molecule has 0 heterocycles. The normalized spacial score (nSPS) is 20.4. The van der Waals surface area contributed by atoms with E-state index in [4.69, 9.17) is 0 Å². The molecular weight excluding hydrogens is 276 g/mol. The van der Waals surface area contributed by atoms with E-state index in [0.717, 1.165) is 19.2 Å². The molecule has 0 aromatic heterocycles. The van der Waals surface area contributed by atoms with E-state index in [9.17, 15) is 22.4 Å². The fourth-order valence-corrected chi connectivity index (χ4v) is 2.58. The van der Waals surface area contributed by atoms with Crippen molar-refractivity contribution in [2.75, 3.05) is 7.11 Å². The zero-order chi connectivity index (χ0) is 15.0. The topological polar surface area (TPSA) is 26.3 Å². The van der Waals surface area contributed by atoms with Gasteiger partial charge in [-0.25, -0.2) is 17.6 Å². The second-order valence-electron chi connectivity index (χ2n) is 5.10. The summed E-state index contributed by atoms with van der Waals surface area (Å²) in [5, 5.41) is 0. The van der Waals surface area contributed by atoms with Gasteiger partial charge in [0.15, 0.2) is 17.4 Å². The maximum Gasteiger partial charge on any atom is 0.248 e. The average molecular weight is 290 g/mol. The minimum atomic E-state index is -2.82. The van der Waals surface area contributed by atoms with Gasteiger partial charge in [0.25, 0.3) is 0 Å². The zero-order valence-electron chi connectivity index (χ0n) is 10.9. The van der Waals surface area contributed by atoms with Gasteiger partial charge in [-0.05, 0) is 30.5 Å². The number of alkyl halides is 2. The summed E-state index contributed by atoms with van der Waals surface area (Å²) in [6.07, 6.45) is -0.686. The molecule has 1 fully saturated rings. The number of halogens is 4. The molecule has 0 unspecified atom stereocenters. The standard InChI is InChI=1S/C14H14F4O2/c1-20-12-10(15)6-9(7-11(12)16)13(8-19)2-4-14(17,18)5-3-13/h6-8H,2-5H2,1H3. The lowest BCUT2D eigenvalue weighted by Gasteiger charge is -2.36. The lowest BCUT2D eigenvalue weighted by atomic mass is 9.69. The molecule has 0 amide bonds. The smallest absolute Gasteiger partial charge is 0.248 e. The van der Waals surface area contributed by atoms with Crippen LogP contribution >= 0.6 is 0 Å². The van der Waals surface area contributed by atoms with Gasteiger partial charge >= 0.3 is 0 Å². The third-order valence-corrected chi connectivity index (χ3v) is 3.88. The first kappa shape index (κ1) is 14.8. The van der Waals surface area contributed by atoms with Crippen LogP contribution in [0, 0.1) is 11.6 Å². The monoisotopic (exact) mass is 290 g/mol. The van der Waals surface area contributed by atoms with Gasteiger partial charge in [-0.1, -0.05) is 0 Å². The van der Waals surface area contributed by atoms with Gasteiger partial charge in [0.1, 0.15) is 6.29 Å². The first-order chi connectivity index (χ1) is 9.33. The molecule has 0 radical (unpaired) electrons. The molecule has 0 saturated heterocycles. The Morgan fingerprint density at radius 2 is 1.60 bits per heavy atom. The van der Waals surface area contributed by atoms with Gasteiger partial charge in [-0.3, -0.25) is 0 Å². The van der Waals surface area contributed by atoms with Gasteiger partial charge in [-0.2, -0.15) is 0 Å². The Labute approximate surface area is 113 Å². The van der Waals surface area contributed by atoms with Crippen molar-refractivity contribution in [1.29, 1.82) is 0 Å². The molecule has 1 aliphatic rings. The van der Waals surface area contributed by atoms with Gasteiger partial charge in [0, 0.05) is 12.8 Å². The van der Waals surface area contributed by atoms with Crippen molar-refractivity contribution >= 4 is 6.29 Å². The van der Waals surface area contributed by atoms with Crippen LogP contribution in [0.2, 0.25) is 0 Å². The number of benzene rings is 1. The molecular formula is C14H14F4O2. The van der Waals surface area contributed by atoms with Crippen molar-refractivity contribution < 1.29 is 27.1 Å². The number of hydrogen-bond donors (Lipinski definition) is 0. The highest BCUT2D eigenvalue weighted by Crippen LogP contribution is 2.45. The van der Waals surface area contributed by atoms with Gasteiger partial charge in [-0.15, -0.1) is 0 Å². The highest BCUT2D eigenvalue weighted by molar-refractivity contribution is 5.69. The summed E-state index contributed by atoms with van der Waals surface area (Å²) in [5.74, 6) is -5.26. The van der Waals surface area contributed by atoms with Crippen LogP contribution in [0.25, 0.3) is 0 Å². The van der Waals surface area contributed by atoms with Crippen LogP contribution < -0.4 is 4.74 Å². The molecule has 20 heavy (non-hydrogen) atoms. The molecule has 2 rings (SSSR count). The molecule has 0 bridgehead atoms. The van der Waals surface area contributed by atoms with E-state index in [-0.39, 0.29) is 18.4 Å². The van der Waals surface area contributed by atoms with Crippen molar-refractivity contribution in [3.8, 4) is 5.75 Å². The first-order valence-electron chi connectivity index (χ1n) is 6.21. The highest BCUT2D eigenvalue weighted by Gasteiger charge is 2.44.